The lowest BCUT2D eigenvalue weighted by Crippen LogP contribution is -2.43. The van der Waals surface area contributed by atoms with Gasteiger partial charge in [-0.25, -0.2) is 0 Å². The van der Waals surface area contributed by atoms with Gasteiger partial charge in [-0.05, 0) is 61.8 Å². The van der Waals surface area contributed by atoms with Gasteiger partial charge >= 0.3 is 0 Å². The van der Waals surface area contributed by atoms with E-state index in [9.17, 15) is 0 Å². The van der Waals surface area contributed by atoms with Crippen molar-refractivity contribution in [3.63, 3.8) is 0 Å². The number of nitrogens with two attached hydrogens (primary N) is 1. The molecule has 2 nitrogen and oxygen atoms in total. The number of benzene rings is 1. The number of anilines is 1. The van der Waals surface area contributed by atoms with Crippen LogP contribution in [0.2, 0.25) is 0 Å². The summed E-state index contributed by atoms with van der Waals surface area (Å²) in [5.74, 6) is 2.52. The monoisotopic (exact) mass is 309 g/mol. The number of nitrogen functional groups attached to an aromatic ring is 1. The van der Waals surface area contributed by atoms with Crippen LogP contribution in [0.1, 0.15) is 31.2 Å². The molecule has 1 aromatic rings. The molecule has 3 rings (SSSR count). The van der Waals surface area contributed by atoms with Crippen LogP contribution in [0.5, 0.6) is 0 Å². The molecule has 0 saturated carbocycles. The van der Waals surface area contributed by atoms with Gasteiger partial charge in [-0.3, -0.25) is 0 Å². The van der Waals surface area contributed by atoms with Crippen molar-refractivity contribution in [2.75, 3.05) is 23.8 Å². The summed E-state index contributed by atoms with van der Waals surface area (Å²) >= 11 is 4.07. The lowest BCUT2D eigenvalue weighted by molar-refractivity contribution is -0.0804. The molecule has 2 aliphatic rings. The van der Waals surface area contributed by atoms with E-state index in [-0.39, 0.29) is 5.60 Å². The van der Waals surface area contributed by atoms with Gasteiger partial charge in [-0.1, -0.05) is 6.07 Å². The Morgan fingerprint density at radius 1 is 1.35 bits per heavy atom. The highest BCUT2D eigenvalue weighted by Gasteiger charge is 2.39. The number of thioether (sulfide) groups is 2. The Hall–Kier alpha value is -0.320. The summed E-state index contributed by atoms with van der Waals surface area (Å²) in [6, 6.07) is 6.26. The summed E-state index contributed by atoms with van der Waals surface area (Å²) in [6.07, 6.45) is 4.82. The fraction of sp³-hybridized carbons (Fsp3) is 0.625. The largest absolute Gasteiger partial charge is 0.398 e. The summed E-state index contributed by atoms with van der Waals surface area (Å²) in [6.45, 7) is 3.05. The number of rotatable bonds is 2. The van der Waals surface area contributed by atoms with E-state index in [2.05, 4.69) is 30.8 Å². The van der Waals surface area contributed by atoms with Crippen molar-refractivity contribution in [2.45, 2.75) is 48.4 Å². The van der Waals surface area contributed by atoms with Gasteiger partial charge < -0.3 is 10.5 Å². The van der Waals surface area contributed by atoms with E-state index in [1.807, 2.05) is 17.8 Å². The lowest BCUT2D eigenvalue weighted by atomic mass is 9.88. The average molecular weight is 310 g/mol. The maximum absolute atomic E-state index is 6.18. The van der Waals surface area contributed by atoms with Crippen molar-refractivity contribution < 1.29 is 4.74 Å². The van der Waals surface area contributed by atoms with Crippen LogP contribution in [0.3, 0.4) is 0 Å². The summed E-state index contributed by atoms with van der Waals surface area (Å²) < 4.78 is 6.18. The molecule has 2 heterocycles. The first-order valence-corrected chi connectivity index (χ1v) is 9.45. The van der Waals surface area contributed by atoms with E-state index in [1.165, 1.54) is 41.2 Å². The Morgan fingerprint density at radius 2 is 2.15 bits per heavy atom. The predicted molar refractivity (Wildman–Crippen MR) is 89.7 cm³/mol. The summed E-state index contributed by atoms with van der Waals surface area (Å²) in [5, 5.41) is 0.673. The molecule has 2 N–H and O–H groups in total. The zero-order chi connectivity index (χ0) is 14.0. The lowest BCUT2D eigenvalue weighted by Gasteiger charge is -2.43. The first-order valence-electron chi connectivity index (χ1n) is 7.42. The van der Waals surface area contributed by atoms with Crippen molar-refractivity contribution in [3.8, 4) is 0 Å². The minimum absolute atomic E-state index is 0.176. The topological polar surface area (TPSA) is 35.2 Å². The highest BCUT2D eigenvalue weighted by atomic mass is 32.2. The van der Waals surface area contributed by atoms with Gasteiger partial charge in [0.1, 0.15) is 0 Å². The van der Waals surface area contributed by atoms with E-state index < -0.39 is 0 Å². The summed E-state index contributed by atoms with van der Waals surface area (Å²) in [5.41, 5.74) is 8.34. The molecular formula is C16H23NOS2. The summed E-state index contributed by atoms with van der Waals surface area (Å²) in [4.78, 5) is 1.34. The van der Waals surface area contributed by atoms with Crippen LogP contribution in [-0.2, 0) is 4.74 Å². The predicted octanol–water partition coefficient (Wildman–Crippen LogP) is 4.11. The molecule has 110 valence electrons. The van der Waals surface area contributed by atoms with E-state index in [0.717, 1.165) is 18.7 Å². The average Bonchev–Trinajstić information content (AvgIpc) is 2.45. The maximum Gasteiger partial charge on any atom is 0.0709 e. The van der Waals surface area contributed by atoms with Crippen LogP contribution < -0.4 is 5.73 Å². The number of hydrogen-bond donors (Lipinski definition) is 1. The van der Waals surface area contributed by atoms with Crippen molar-refractivity contribution in [3.05, 3.63) is 23.8 Å². The SMILES string of the molecule is Cc1c(N)cccc1SC1CCOC2(CCSCC2)C1. The van der Waals surface area contributed by atoms with Gasteiger partial charge in [-0.15, -0.1) is 11.8 Å². The molecule has 2 saturated heterocycles. The molecule has 4 heteroatoms. The van der Waals surface area contributed by atoms with Crippen molar-refractivity contribution in [2.24, 2.45) is 0 Å². The fourth-order valence-corrected chi connectivity index (χ4v) is 5.76. The van der Waals surface area contributed by atoms with Gasteiger partial charge in [0.05, 0.1) is 5.60 Å². The second-order valence-corrected chi connectivity index (χ2v) is 8.41. The standard InChI is InChI=1S/C16H23NOS2/c1-12-14(17)3-2-4-15(12)20-13-5-8-18-16(11-13)6-9-19-10-7-16/h2-4,13H,5-11,17H2,1H3. The molecule has 1 aromatic carbocycles. The Bertz CT molecular complexity index is 466. The van der Waals surface area contributed by atoms with Crippen LogP contribution in [0, 0.1) is 6.92 Å². The van der Waals surface area contributed by atoms with Crippen molar-refractivity contribution in [1.29, 1.82) is 0 Å². The van der Waals surface area contributed by atoms with Crippen LogP contribution in [0.15, 0.2) is 23.1 Å². The molecule has 0 aliphatic carbocycles. The highest BCUT2D eigenvalue weighted by molar-refractivity contribution is 8.00. The molecule has 0 radical (unpaired) electrons. The fourth-order valence-electron chi connectivity index (χ4n) is 3.11. The van der Waals surface area contributed by atoms with Crippen LogP contribution in [0.4, 0.5) is 5.69 Å². The van der Waals surface area contributed by atoms with Gasteiger partial charge in [0.15, 0.2) is 0 Å². The molecule has 0 aromatic heterocycles. The molecular weight excluding hydrogens is 286 g/mol. The van der Waals surface area contributed by atoms with Gasteiger partial charge in [0.25, 0.3) is 0 Å². The van der Waals surface area contributed by atoms with Crippen LogP contribution in [-0.4, -0.2) is 29.0 Å². The second kappa shape index (κ2) is 6.20. The third-order valence-electron chi connectivity index (χ3n) is 4.47. The Morgan fingerprint density at radius 3 is 2.95 bits per heavy atom. The molecule has 0 bridgehead atoms. The highest BCUT2D eigenvalue weighted by Crippen LogP contribution is 2.43. The van der Waals surface area contributed by atoms with E-state index in [0.29, 0.717) is 5.25 Å². The third kappa shape index (κ3) is 3.12. The molecule has 1 atom stereocenters. The normalized spacial score (nSPS) is 25.8. The Balaban J connectivity index is 1.69. The minimum Gasteiger partial charge on any atom is -0.398 e. The maximum atomic E-state index is 6.18. The molecule has 2 aliphatic heterocycles. The van der Waals surface area contributed by atoms with Crippen LogP contribution in [0.25, 0.3) is 0 Å². The second-order valence-electron chi connectivity index (χ2n) is 5.85. The zero-order valence-electron chi connectivity index (χ0n) is 12.1. The molecule has 2 fully saturated rings. The molecule has 1 spiro atoms. The van der Waals surface area contributed by atoms with Crippen molar-refractivity contribution >= 4 is 29.2 Å². The molecule has 20 heavy (non-hydrogen) atoms. The van der Waals surface area contributed by atoms with E-state index in [1.54, 1.807) is 0 Å². The van der Waals surface area contributed by atoms with Gasteiger partial charge in [0, 0.05) is 22.4 Å². The Kier molecular flexibility index (Phi) is 4.53. The summed E-state index contributed by atoms with van der Waals surface area (Å²) in [7, 11) is 0. The quantitative estimate of drug-likeness (QED) is 0.834. The molecule has 0 amide bonds. The van der Waals surface area contributed by atoms with E-state index in [4.69, 9.17) is 10.5 Å². The van der Waals surface area contributed by atoms with Crippen LogP contribution >= 0.6 is 23.5 Å². The molecule has 1 unspecified atom stereocenters. The third-order valence-corrected chi connectivity index (χ3v) is 6.89. The first kappa shape index (κ1) is 14.6. The number of ether oxygens (including phenoxy) is 1. The van der Waals surface area contributed by atoms with E-state index >= 15 is 0 Å². The number of hydrogen-bond acceptors (Lipinski definition) is 4. The zero-order valence-corrected chi connectivity index (χ0v) is 13.7. The van der Waals surface area contributed by atoms with Gasteiger partial charge in [-0.2, -0.15) is 11.8 Å². The smallest absolute Gasteiger partial charge is 0.0709 e. The minimum atomic E-state index is 0.176. The van der Waals surface area contributed by atoms with Gasteiger partial charge in [0.2, 0.25) is 0 Å². The van der Waals surface area contributed by atoms with Crippen molar-refractivity contribution in [1.82, 2.24) is 0 Å². The first-order chi connectivity index (χ1) is 9.69. The Labute approximate surface area is 130 Å².